The van der Waals surface area contributed by atoms with Crippen molar-refractivity contribution in [3.8, 4) is 0 Å². The minimum absolute atomic E-state index is 0.109. The molecule has 1 aromatic rings. The van der Waals surface area contributed by atoms with Gasteiger partial charge in [-0.3, -0.25) is 4.21 Å². The Hall–Kier alpha value is -0.880. The molecular weight excluding hydrogens is 263 g/mol. The van der Waals surface area contributed by atoms with Crippen molar-refractivity contribution >= 4 is 10.8 Å². The van der Waals surface area contributed by atoms with Crippen LogP contribution in [0.4, 0.5) is 13.2 Å². The normalized spacial score (nSPS) is 15.4. The third kappa shape index (κ3) is 4.78. The number of nitrogens with two attached hydrogens (primary N) is 1. The lowest BCUT2D eigenvalue weighted by Gasteiger charge is -2.10. The van der Waals surface area contributed by atoms with Crippen LogP contribution in [-0.4, -0.2) is 16.0 Å². The summed E-state index contributed by atoms with van der Waals surface area (Å²) in [6, 6.07) is 4.75. The molecule has 0 spiro atoms. The van der Waals surface area contributed by atoms with Crippen molar-refractivity contribution in [2.24, 2.45) is 5.73 Å². The van der Waals surface area contributed by atoms with E-state index in [1.54, 1.807) is 6.07 Å². The molecule has 0 bridgehead atoms. The maximum absolute atomic E-state index is 12.5. The molecule has 6 heteroatoms. The molecule has 18 heavy (non-hydrogen) atoms. The molecular formula is C12H16F3NOS. The minimum Gasteiger partial charge on any atom is -0.327 e. The average Bonchev–Trinajstić information content (AvgIpc) is 2.27. The number of rotatable bonds is 5. The highest BCUT2D eigenvalue weighted by Gasteiger charge is 2.30. The Labute approximate surface area is 107 Å². The quantitative estimate of drug-likeness (QED) is 0.900. The van der Waals surface area contributed by atoms with Crippen molar-refractivity contribution < 1.29 is 17.4 Å². The van der Waals surface area contributed by atoms with Crippen molar-refractivity contribution in [3.05, 3.63) is 35.4 Å². The molecule has 2 N–H and O–H groups in total. The first kappa shape index (κ1) is 15.2. The largest absolute Gasteiger partial charge is 0.416 e. The van der Waals surface area contributed by atoms with E-state index in [2.05, 4.69) is 0 Å². The molecule has 0 aliphatic carbocycles. The Morgan fingerprint density at radius 1 is 1.39 bits per heavy atom. The molecule has 1 aromatic carbocycles. The zero-order valence-electron chi connectivity index (χ0n) is 10.0. The SMILES string of the molecule is CCC(N)CS(=O)Cc1cccc(C(F)(F)F)c1. The van der Waals surface area contributed by atoms with Gasteiger partial charge in [-0.25, -0.2) is 0 Å². The number of hydrogen-bond donors (Lipinski definition) is 1. The van der Waals surface area contributed by atoms with E-state index < -0.39 is 22.5 Å². The highest BCUT2D eigenvalue weighted by Crippen LogP contribution is 2.29. The van der Waals surface area contributed by atoms with Crippen LogP contribution in [0.25, 0.3) is 0 Å². The minimum atomic E-state index is -4.36. The van der Waals surface area contributed by atoms with E-state index in [1.807, 2.05) is 6.92 Å². The van der Waals surface area contributed by atoms with Crippen molar-refractivity contribution in [2.75, 3.05) is 5.75 Å². The molecule has 0 aliphatic rings. The van der Waals surface area contributed by atoms with Gasteiger partial charge < -0.3 is 5.73 Å². The zero-order chi connectivity index (χ0) is 13.8. The van der Waals surface area contributed by atoms with Crippen LogP contribution in [0.1, 0.15) is 24.5 Å². The third-order valence-corrected chi connectivity index (χ3v) is 3.96. The number of hydrogen-bond acceptors (Lipinski definition) is 2. The highest BCUT2D eigenvalue weighted by molar-refractivity contribution is 7.84. The van der Waals surface area contributed by atoms with Gasteiger partial charge >= 0.3 is 6.18 Å². The topological polar surface area (TPSA) is 43.1 Å². The molecule has 2 unspecified atom stereocenters. The Bertz CT molecular complexity index is 420. The molecule has 102 valence electrons. The van der Waals surface area contributed by atoms with E-state index in [0.29, 0.717) is 17.7 Å². The van der Waals surface area contributed by atoms with Crippen molar-refractivity contribution in [3.63, 3.8) is 0 Å². The van der Waals surface area contributed by atoms with Crippen LogP contribution in [0, 0.1) is 0 Å². The standard InChI is InChI=1S/C12H16F3NOS/c1-2-11(16)8-18(17)7-9-4-3-5-10(6-9)12(13,14)15/h3-6,11H,2,7-8,16H2,1H3. The van der Waals surface area contributed by atoms with Gasteiger partial charge in [0.25, 0.3) is 0 Å². The van der Waals surface area contributed by atoms with Crippen LogP contribution in [0.2, 0.25) is 0 Å². The predicted octanol–water partition coefficient (Wildman–Crippen LogP) is 2.69. The van der Waals surface area contributed by atoms with Gasteiger partial charge in [0.15, 0.2) is 0 Å². The van der Waals surface area contributed by atoms with Gasteiger partial charge in [-0.2, -0.15) is 13.2 Å². The van der Waals surface area contributed by atoms with Gasteiger partial charge in [-0.15, -0.1) is 0 Å². The van der Waals surface area contributed by atoms with Crippen molar-refractivity contribution in [1.82, 2.24) is 0 Å². The fourth-order valence-electron chi connectivity index (χ4n) is 1.44. The molecule has 0 amide bonds. The summed E-state index contributed by atoms with van der Waals surface area (Å²) in [5.41, 5.74) is 5.36. The molecule has 1 rings (SSSR count). The van der Waals surface area contributed by atoms with E-state index in [1.165, 1.54) is 6.07 Å². The zero-order valence-corrected chi connectivity index (χ0v) is 10.9. The summed E-state index contributed by atoms with van der Waals surface area (Å²) in [5.74, 6) is 0.421. The fourth-order valence-corrected chi connectivity index (χ4v) is 2.82. The van der Waals surface area contributed by atoms with Gasteiger partial charge in [0, 0.05) is 28.3 Å². The Morgan fingerprint density at radius 3 is 2.61 bits per heavy atom. The van der Waals surface area contributed by atoms with Crippen molar-refractivity contribution in [2.45, 2.75) is 31.3 Å². The summed E-state index contributed by atoms with van der Waals surface area (Å²) in [6.07, 6.45) is -3.66. The monoisotopic (exact) mass is 279 g/mol. The molecule has 0 aliphatic heterocycles. The van der Waals surface area contributed by atoms with Gasteiger partial charge in [0.05, 0.1) is 5.56 Å². The molecule has 0 aromatic heterocycles. The lowest BCUT2D eigenvalue weighted by Crippen LogP contribution is -2.26. The average molecular weight is 279 g/mol. The Balaban J connectivity index is 2.71. The van der Waals surface area contributed by atoms with Crippen LogP contribution in [-0.2, 0) is 22.7 Å². The van der Waals surface area contributed by atoms with E-state index in [4.69, 9.17) is 5.73 Å². The molecule has 2 nitrogen and oxygen atoms in total. The molecule has 0 heterocycles. The first-order valence-electron chi connectivity index (χ1n) is 5.59. The lowest BCUT2D eigenvalue weighted by atomic mass is 10.1. The van der Waals surface area contributed by atoms with Crippen LogP contribution in [0.15, 0.2) is 24.3 Å². The van der Waals surface area contributed by atoms with Crippen LogP contribution in [0.3, 0.4) is 0 Å². The smallest absolute Gasteiger partial charge is 0.327 e. The van der Waals surface area contributed by atoms with Crippen LogP contribution in [0.5, 0.6) is 0 Å². The highest BCUT2D eigenvalue weighted by atomic mass is 32.2. The molecule has 0 radical (unpaired) electrons. The van der Waals surface area contributed by atoms with Gasteiger partial charge in [-0.05, 0) is 18.1 Å². The van der Waals surface area contributed by atoms with Gasteiger partial charge in [-0.1, -0.05) is 25.1 Å². The van der Waals surface area contributed by atoms with E-state index in [-0.39, 0.29) is 11.8 Å². The molecule has 0 saturated carbocycles. The summed E-state index contributed by atoms with van der Waals surface area (Å²) >= 11 is 0. The Morgan fingerprint density at radius 2 is 2.06 bits per heavy atom. The third-order valence-electron chi connectivity index (χ3n) is 2.51. The van der Waals surface area contributed by atoms with Crippen LogP contribution < -0.4 is 5.73 Å². The molecule has 0 saturated heterocycles. The van der Waals surface area contributed by atoms with E-state index >= 15 is 0 Å². The molecule has 2 atom stereocenters. The summed E-state index contributed by atoms with van der Waals surface area (Å²) in [6.45, 7) is 1.88. The van der Waals surface area contributed by atoms with E-state index in [0.717, 1.165) is 12.1 Å². The predicted molar refractivity (Wildman–Crippen MR) is 66.4 cm³/mol. The van der Waals surface area contributed by atoms with Crippen LogP contribution >= 0.6 is 0 Å². The number of halogens is 3. The second kappa shape index (κ2) is 6.33. The second-order valence-corrected chi connectivity index (χ2v) is 5.62. The summed E-state index contributed by atoms with van der Waals surface area (Å²) < 4.78 is 49.1. The van der Waals surface area contributed by atoms with Crippen molar-refractivity contribution in [1.29, 1.82) is 0 Å². The number of benzene rings is 1. The lowest BCUT2D eigenvalue weighted by molar-refractivity contribution is -0.137. The summed E-state index contributed by atoms with van der Waals surface area (Å²) in [4.78, 5) is 0. The molecule has 0 fully saturated rings. The van der Waals surface area contributed by atoms with E-state index in [9.17, 15) is 17.4 Å². The first-order chi connectivity index (χ1) is 8.32. The maximum atomic E-state index is 12.5. The first-order valence-corrected chi connectivity index (χ1v) is 7.08. The summed E-state index contributed by atoms with van der Waals surface area (Å²) in [7, 11) is -1.23. The Kier molecular flexibility index (Phi) is 5.34. The fraction of sp³-hybridized carbons (Fsp3) is 0.500. The van der Waals surface area contributed by atoms with Gasteiger partial charge in [0.2, 0.25) is 0 Å². The van der Waals surface area contributed by atoms with Gasteiger partial charge in [0.1, 0.15) is 0 Å². The number of alkyl halides is 3. The second-order valence-electron chi connectivity index (χ2n) is 4.12. The maximum Gasteiger partial charge on any atom is 0.416 e. The summed E-state index contributed by atoms with van der Waals surface area (Å²) in [5, 5.41) is 0.